The number of terminal acetylenes is 1. The third-order valence-corrected chi connectivity index (χ3v) is 21.0. The number of aromatic nitrogens is 4. The molecule has 0 amide bonds. The fraction of sp³-hybridized carbons (Fsp3) is 0.315. The molecule has 11 rings (SSSR count). The van der Waals surface area contributed by atoms with Crippen LogP contribution < -0.4 is 103 Å². The van der Waals surface area contributed by atoms with Crippen molar-refractivity contribution in [2.75, 3.05) is 54.6 Å². The molecule has 45 heteroatoms. The number of ether oxygens (including phenoxy) is 4. The van der Waals surface area contributed by atoms with Crippen LogP contribution in [0.1, 0.15) is 158 Å². The van der Waals surface area contributed by atoms with Crippen LogP contribution in [0.25, 0.3) is 0 Å². The number of carbonyl (C=O) groups excluding carboxylic acids is 6. The van der Waals surface area contributed by atoms with E-state index in [1.54, 1.807) is 27.0 Å². The van der Waals surface area contributed by atoms with Crippen LogP contribution in [0.15, 0.2) is 161 Å². The van der Waals surface area contributed by atoms with Crippen LogP contribution in [-0.4, -0.2) is 407 Å². The summed E-state index contributed by atoms with van der Waals surface area (Å²) in [7, 11) is 6.75. The van der Waals surface area contributed by atoms with Gasteiger partial charge in [-0.2, -0.15) is 26.3 Å². The van der Waals surface area contributed by atoms with Gasteiger partial charge in [0.05, 0.1) is 72.9 Å². The van der Waals surface area contributed by atoms with Crippen LogP contribution in [0.3, 0.4) is 0 Å². The Balaban J connectivity index is -0.000000393. The SMILES string of the molecule is C.C.C.C#Cc1cc(F)ccc1CC(=O)OC.COC(=O)Cc1ccc(F)cc1Br.COC(=O)Cc1ccc(F)cc1C#C[Si](C)(C)C.COC(=O)Cc1ccc(F)cc1C#Cc1nc(Cc2ccc(C3CCN([B]C=O)CC3)cc2)ncc1C(F)(F)F.O=C(O)Cc1ccc(F)cc1Br.O=C[B]N1CCC(c2ccc(Cc3ncc(C(F)(F)F)c(Cl)n3)cc2)CC1.[H-].[H-].[K+].[K+].[K][K].[K][K].[K][K].[K][K]. The van der Waals surface area contributed by atoms with Gasteiger partial charge in [-0.25, -0.2) is 41.9 Å². The molecule has 137 heavy (non-hydrogen) atoms. The number of hydrogen-bond acceptors (Lipinski definition) is 17. The van der Waals surface area contributed by atoms with Crippen molar-refractivity contribution < 1.29 is 212 Å². The molecule has 7 aromatic carbocycles. The zero-order valence-corrected chi connectivity index (χ0v) is 114. The number of rotatable bonds is 20. The molecule has 2 aromatic heterocycles. The van der Waals surface area contributed by atoms with E-state index in [4.69, 9.17) is 23.1 Å². The molecule has 18 nitrogen and oxygen atoms in total. The Kier molecular flexibility index (Phi) is 90.6. The van der Waals surface area contributed by atoms with Gasteiger partial charge in [0.25, 0.3) is 14.8 Å². The van der Waals surface area contributed by atoms with Gasteiger partial charge >= 0.3 is 398 Å². The van der Waals surface area contributed by atoms with E-state index >= 15 is 0 Å². The number of halogens is 14. The summed E-state index contributed by atoms with van der Waals surface area (Å²) in [5.41, 5.74) is 8.51. The molecule has 2 fully saturated rings. The van der Waals surface area contributed by atoms with Crippen LogP contribution in [0.5, 0.6) is 0 Å². The number of benzene rings is 7. The number of carboxylic acids is 1. The molecule has 2 aliphatic heterocycles. The molecule has 0 spiro atoms. The number of esters is 4. The van der Waals surface area contributed by atoms with Gasteiger partial charge in [0.1, 0.15) is 70.8 Å². The topological polar surface area (TPSA) is 235 Å². The molecule has 684 valence electrons. The van der Waals surface area contributed by atoms with Crippen molar-refractivity contribution in [3.63, 3.8) is 0 Å². The molecular formula is C92H96B2Br2ClF11K10N6O12Si. The summed E-state index contributed by atoms with van der Waals surface area (Å²) in [6.45, 7) is 9.63. The summed E-state index contributed by atoms with van der Waals surface area (Å²) < 4.78 is 163. The molecule has 0 unspecified atom stereocenters. The van der Waals surface area contributed by atoms with Gasteiger partial charge < -0.3 is 46.1 Å². The summed E-state index contributed by atoms with van der Waals surface area (Å²) in [6, 6.07) is 35.6. The van der Waals surface area contributed by atoms with Gasteiger partial charge in [-0.15, -0.1) is 12.0 Å². The van der Waals surface area contributed by atoms with Gasteiger partial charge in [0, 0.05) is 50.9 Å². The Morgan fingerprint density at radius 3 is 1.11 bits per heavy atom. The number of aliphatic carboxylic acids is 1. The number of nitrogens with zero attached hydrogens (tertiary/aromatic N) is 6. The zero-order chi connectivity index (χ0) is 99.4. The Morgan fingerprint density at radius 2 is 0.796 bits per heavy atom. The molecule has 2 radical (unpaired) electrons. The fourth-order valence-corrected chi connectivity index (χ4v) is 13.6. The van der Waals surface area contributed by atoms with Crippen LogP contribution in [-0.2, 0) is 110 Å². The average Bonchev–Trinajstić information content (AvgIpc) is 0.814. The molecule has 1 N–H and O–H groups in total. The molecule has 0 atom stereocenters. The number of piperidine rings is 2. The summed E-state index contributed by atoms with van der Waals surface area (Å²) in [4.78, 5) is 95.9. The quantitative estimate of drug-likeness (QED) is 0.0142. The maximum absolute atomic E-state index is 13.9. The first-order valence-electron chi connectivity index (χ1n) is 41.7. The van der Waals surface area contributed by atoms with Crippen LogP contribution >= 0.6 is 43.5 Å². The van der Waals surface area contributed by atoms with Crippen LogP contribution in [0.2, 0.25) is 24.8 Å². The first kappa shape index (κ1) is 148. The van der Waals surface area contributed by atoms with Gasteiger partial charge in [-0.3, -0.25) is 24.0 Å². The zero-order valence-electron chi connectivity index (χ0n) is 80.0. The Bertz CT molecular complexity index is 5430. The molecule has 0 bridgehead atoms. The van der Waals surface area contributed by atoms with E-state index in [9.17, 15) is 81.9 Å². The second kappa shape index (κ2) is 83.6. The van der Waals surface area contributed by atoms with Gasteiger partial charge in [0.2, 0.25) is 0 Å². The summed E-state index contributed by atoms with van der Waals surface area (Å²) >= 11 is 21.9. The molecule has 0 aliphatic carbocycles. The Labute approximate surface area is 1090 Å². The van der Waals surface area contributed by atoms with Crippen molar-refractivity contribution in [2.24, 2.45) is 0 Å². The number of carboxylic acid groups (broad SMARTS) is 1. The summed E-state index contributed by atoms with van der Waals surface area (Å²) in [5.74, 6) is 6.74. The third-order valence-electron chi connectivity index (χ3n) is 18.4. The van der Waals surface area contributed by atoms with Crippen molar-refractivity contribution in [1.29, 1.82) is 0 Å². The van der Waals surface area contributed by atoms with Gasteiger partial charge in [0.15, 0.2) is 0 Å². The van der Waals surface area contributed by atoms with Crippen molar-refractivity contribution in [1.82, 2.24) is 29.6 Å². The van der Waals surface area contributed by atoms with Gasteiger partial charge in [-0.1, -0.05) is 182 Å². The molecule has 9 aromatic rings. The first-order chi connectivity index (χ1) is 62.7. The van der Waals surface area contributed by atoms with E-state index in [0.717, 1.165) is 99.3 Å². The minimum atomic E-state index is -4.75. The Hall–Kier alpha value is 5.18. The van der Waals surface area contributed by atoms with Crippen LogP contribution in [0.4, 0.5) is 48.3 Å². The molecule has 2 saturated heterocycles. The second-order valence-electron chi connectivity index (χ2n) is 28.4. The third kappa shape index (κ3) is 61.3. The van der Waals surface area contributed by atoms with Crippen molar-refractivity contribution in [3.8, 4) is 35.6 Å². The monoisotopic (exact) mass is 2320 g/mol. The van der Waals surface area contributed by atoms with Crippen LogP contribution in [0, 0.1) is 64.7 Å². The van der Waals surface area contributed by atoms with E-state index in [1.165, 1.54) is 353 Å². The summed E-state index contributed by atoms with van der Waals surface area (Å²) in [5, 5.41) is 7.87. The maximum atomic E-state index is 13.9. The normalized spacial score (nSPS) is 11.7. The van der Waals surface area contributed by atoms with E-state index in [1.807, 2.05) is 58.2 Å². The van der Waals surface area contributed by atoms with Gasteiger partial charge in [-0.05, 0) is 180 Å². The standard InChI is InChI=1S/C29H25BF4N3O3.C18H17BClF3N3O.C14H17FO2Si.C11H9FO2.C9H8BrFO2.C8H6BrFO2.3CH4.10K.2H/c1-40-28(39)16-23-6-8-24(31)15-22(23)7-9-26-25(29(32,33)34)17-35-27(36-26)14-19-2-4-20(5-3-19)21-10-12-37(13-11-21)30-18-38;20-17-15(18(21,22)23)10-24-16(25-17)9-12-1-3-13(4-2-12)14-5-7-26(8-6-14)19-11-27;1-17-14(16)10-11-5-6-13(15)9-12(11)7-8-18(2,3)4;1-3-8-6-10(12)5-4-9(8)7-11(13)14-2;1-13-9(12)4-6-2-3-7(11)5-8(6)10;9-7-4-6(10)2-1-5(7)3-8(11)12;;;;;;;;;;;;;;;/h2-6,8,15,17-18,21H,10-14,16H2,1H3;1-4,10-11,14H,5-9H2;5-6,9H,10H2,1-4H3;1,4-6H,7H2,2H3;2-3,5H,4H2,1H3;1-2,4H,3H2,(H,11,12);3*1H4;;;;;;;;;;;;/q;;;;;;;;;;;;;;;;;2*+1;2*-1. The van der Waals surface area contributed by atoms with E-state index < -0.39 is 71.9 Å². The average molecular weight is 2320 g/mol. The van der Waals surface area contributed by atoms with Crippen molar-refractivity contribution >= 4 is 361 Å². The summed E-state index contributed by atoms with van der Waals surface area (Å²) in [6.07, 6.45) is 3.19. The van der Waals surface area contributed by atoms with E-state index in [2.05, 4.69) is 120 Å². The number of carbonyl (C=O) groups is 7. The van der Waals surface area contributed by atoms with Crippen molar-refractivity contribution in [2.45, 2.75) is 137 Å². The molecule has 0 saturated carbocycles. The molecular weight excluding hydrogens is 2230 g/mol. The minimum absolute atomic E-state index is 0. The predicted octanol–water partition coefficient (Wildman–Crippen LogP) is 9.96. The number of alkyl halides is 6. The fourth-order valence-electron chi connectivity index (χ4n) is 11.9. The molecule has 2 aliphatic rings. The van der Waals surface area contributed by atoms with Crippen molar-refractivity contribution in [3.05, 3.63) is 290 Å². The predicted molar refractivity (Wildman–Crippen MR) is 524 cm³/mol. The number of methoxy groups -OCH3 is 4. The van der Waals surface area contributed by atoms with E-state index in [-0.39, 0.29) is 213 Å². The van der Waals surface area contributed by atoms with E-state index in [0.29, 0.717) is 72.3 Å². The first-order valence-corrected chi connectivity index (χ1v) is 111. The Morgan fingerprint density at radius 1 is 0.489 bits per heavy atom. The number of hydrogen-bond donors (Lipinski definition) is 1. The molecule has 4 heterocycles. The second-order valence-corrected chi connectivity index (χ2v) is 35.2.